The summed E-state index contributed by atoms with van der Waals surface area (Å²) in [6.07, 6.45) is 0.930. The van der Waals surface area contributed by atoms with E-state index in [1.807, 2.05) is 24.3 Å². The normalized spacial score (nSPS) is 27.7. The molecule has 1 aliphatic heterocycles. The average molecular weight is 250 g/mol. The van der Waals surface area contributed by atoms with Crippen LogP contribution in [0, 0.1) is 5.92 Å². The van der Waals surface area contributed by atoms with Crippen LogP contribution >= 0.6 is 0 Å². The predicted molar refractivity (Wildman–Crippen MR) is 66.7 cm³/mol. The van der Waals surface area contributed by atoms with Crippen molar-refractivity contribution in [3.8, 4) is 5.75 Å². The lowest BCUT2D eigenvalue weighted by Crippen LogP contribution is -2.18. The van der Waals surface area contributed by atoms with Crippen molar-refractivity contribution in [3.05, 3.63) is 29.8 Å². The molecule has 2 aliphatic rings. The van der Waals surface area contributed by atoms with Crippen molar-refractivity contribution in [1.29, 1.82) is 0 Å². The first-order valence-electron chi connectivity index (χ1n) is 5.91. The Morgan fingerprint density at radius 2 is 2.06 bits per heavy atom. The molecule has 1 saturated heterocycles. The molecule has 18 heavy (non-hydrogen) atoms. The van der Waals surface area contributed by atoms with Crippen molar-refractivity contribution in [1.82, 2.24) is 0 Å². The van der Waals surface area contributed by atoms with Gasteiger partial charge >= 0.3 is 5.97 Å². The lowest BCUT2D eigenvalue weighted by Gasteiger charge is -2.10. The lowest BCUT2D eigenvalue weighted by molar-refractivity contribution is -0.142. The standard InChI is InChI=1S/C12H12O3.C2H6O/c1-14-10-4-2-3-8(5-10)12-6-9(12)7-15-11(12)13;1-3-2/h2-5,9H,6-7H2,1H3;1-2H3. The van der Waals surface area contributed by atoms with Crippen LogP contribution in [-0.2, 0) is 19.7 Å². The van der Waals surface area contributed by atoms with Gasteiger partial charge in [0.1, 0.15) is 5.75 Å². The summed E-state index contributed by atoms with van der Waals surface area (Å²) in [5.41, 5.74) is 0.698. The van der Waals surface area contributed by atoms with Gasteiger partial charge in [-0.1, -0.05) is 12.1 Å². The van der Waals surface area contributed by atoms with Crippen molar-refractivity contribution < 1.29 is 19.0 Å². The van der Waals surface area contributed by atoms with Gasteiger partial charge in [0, 0.05) is 20.1 Å². The number of carbonyl (C=O) groups is 1. The van der Waals surface area contributed by atoms with Gasteiger partial charge < -0.3 is 14.2 Å². The third kappa shape index (κ3) is 1.97. The summed E-state index contributed by atoms with van der Waals surface area (Å²) in [6, 6.07) is 7.73. The Kier molecular flexibility index (Phi) is 3.57. The Bertz CT molecular complexity index is 443. The van der Waals surface area contributed by atoms with Crippen LogP contribution in [0.4, 0.5) is 0 Å². The van der Waals surface area contributed by atoms with E-state index in [0.717, 1.165) is 17.7 Å². The highest BCUT2D eigenvalue weighted by Gasteiger charge is 2.66. The smallest absolute Gasteiger partial charge is 0.317 e. The maximum Gasteiger partial charge on any atom is 0.317 e. The molecule has 98 valence electrons. The predicted octanol–water partition coefficient (Wildman–Crippen LogP) is 1.77. The molecule has 0 N–H and O–H groups in total. The number of ether oxygens (including phenoxy) is 3. The Balaban J connectivity index is 0.000000367. The van der Waals surface area contributed by atoms with Gasteiger partial charge in [-0.05, 0) is 24.1 Å². The van der Waals surface area contributed by atoms with E-state index in [1.54, 1.807) is 21.3 Å². The maximum atomic E-state index is 11.7. The third-order valence-electron chi connectivity index (χ3n) is 3.47. The number of fused-ring (bicyclic) bond motifs is 1. The molecule has 1 heterocycles. The van der Waals surface area contributed by atoms with Gasteiger partial charge in [-0.2, -0.15) is 0 Å². The van der Waals surface area contributed by atoms with Gasteiger partial charge in [0.05, 0.1) is 19.1 Å². The number of cyclic esters (lactones) is 1. The Hall–Kier alpha value is -1.55. The number of benzene rings is 1. The molecular weight excluding hydrogens is 232 g/mol. The highest BCUT2D eigenvalue weighted by atomic mass is 16.5. The summed E-state index contributed by atoms with van der Waals surface area (Å²) in [4.78, 5) is 11.7. The third-order valence-corrected chi connectivity index (χ3v) is 3.47. The molecule has 0 amide bonds. The number of esters is 1. The lowest BCUT2D eigenvalue weighted by atomic mass is 9.94. The molecule has 1 saturated carbocycles. The second-order valence-electron chi connectivity index (χ2n) is 4.61. The molecule has 2 unspecified atom stereocenters. The van der Waals surface area contributed by atoms with E-state index in [1.165, 1.54) is 0 Å². The van der Waals surface area contributed by atoms with Crippen LogP contribution in [-0.4, -0.2) is 33.9 Å². The molecule has 2 atom stereocenters. The maximum absolute atomic E-state index is 11.7. The van der Waals surface area contributed by atoms with E-state index in [9.17, 15) is 4.79 Å². The quantitative estimate of drug-likeness (QED) is 0.750. The van der Waals surface area contributed by atoms with E-state index >= 15 is 0 Å². The van der Waals surface area contributed by atoms with Crippen molar-refractivity contribution in [2.24, 2.45) is 5.92 Å². The highest BCUT2D eigenvalue weighted by molar-refractivity contribution is 5.90. The molecule has 4 heteroatoms. The van der Waals surface area contributed by atoms with Crippen LogP contribution in [0.3, 0.4) is 0 Å². The first-order valence-corrected chi connectivity index (χ1v) is 5.91. The zero-order valence-electron chi connectivity index (χ0n) is 10.9. The Morgan fingerprint density at radius 3 is 2.56 bits per heavy atom. The number of methoxy groups -OCH3 is 2. The molecule has 0 spiro atoms. The van der Waals surface area contributed by atoms with Crippen LogP contribution in [0.1, 0.15) is 12.0 Å². The highest BCUT2D eigenvalue weighted by Crippen LogP contribution is 2.59. The van der Waals surface area contributed by atoms with E-state index < -0.39 is 0 Å². The van der Waals surface area contributed by atoms with E-state index in [-0.39, 0.29) is 11.4 Å². The van der Waals surface area contributed by atoms with Crippen LogP contribution in [0.2, 0.25) is 0 Å². The largest absolute Gasteiger partial charge is 0.497 e. The fourth-order valence-electron chi connectivity index (χ4n) is 2.46. The number of hydrogen-bond donors (Lipinski definition) is 0. The van der Waals surface area contributed by atoms with Crippen molar-refractivity contribution in [2.75, 3.05) is 27.9 Å². The van der Waals surface area contributed by atoms with Crippen molar-refractivity contribution >= 4 is 5.97 Å². The molecule has 3 rings (SSSR count). The molecule has 1 aliphatic carbocycles. The molecule has 0 radical (unpaired) electrons. The van der Waals surface area contributed by atoms with Crippen molar-refractivity contribution in [2.45, 2.75) is 11.8 Å². The molecule has 2 fully saturated rings. The zero-order valence-corrected chi connectivity index (χ0v) is 10.9. The van der Waals surface area contributed by atoms with Gasteiger partial charge in [0.15, 0.2) is 0 Å². The summed E-state index contributed by atoms with van der Waals surface area (Å²) in [5, 5.41) is 0. The van der Waals surface area contributed by atoms with E-state index in [4.69, 9.17) is 9.47 Å². The second kappa shape index (κ2) is 4.98. The summed E-state index contributed by atoms with van der Waals surface area (Å²) >= 11 is 0. The first-order chi connectivity index (χ1) is 8.68. The molecule has 1 aromatic rings. The Labute approximate surface area is 107 Å². The molecular formula is C14H18O4. The van der Waals surface area contributed by atoms with Crippen molar-refractivity contribution in [3.63, 3.8) is 0 Å². The minimum atomic E-state index is -0.339. The van der Waals surface area contributed by atoms with Gasteiger partial charge in [-0.25, -0.2) is 0 Å². The minimum Gasteiger partial charge on any atom is -0.497 e. The molecule has 4 nitrogen and oxygen atoms in total. The van der Waals surface area contributed by atoms with Gasteiger partial charge in [-0.3, -0.25) is 4.79 Å². The molecule has 1 aromatic carbocycles. The first kappa shape index (κ1) is 12.9. The molecule has 0 aromatic heterocycles. The molecule has 0 bridgehead atoms. The minimum absolute atomic E-state index is 0.0687. The summed E-state index contributed by atoms with van der Waals surface area (Å²) in [5.74, 6) is 1.12. The van der Waals surface area contributed by atoms with Crippen LogP contribution < -0.4 is 4.74 Å². The summed E-state index contributed by atoms with van der Waals surface area (Å²) in [7, 11) is 4.88. The van der Waals surface area contributed by atoms with E-state index in [2.05, 4.69) is 4.74 Å². The number of rotatable bonds is 2. The van der Waals surface area contributed by atoms with E-state index in [0.29, 0.717) is 12.5 Å². The van der Waals surface area contributed by atoms with Gasteiger partial charge in [0.25, 0.3) is 0 Å². The second-order valence-corrected chi connectivity index (χ2v) is 4.61. The van der Waals surface area contributed by atoms with Crippen LogP contribution in [0.15, 0.2) is 24.3 Å². The average Bonchev–Trinajstić information content (AvgIpc) is 3.05. The number of hydrogen-bond acceptors (Lipinski definition) is 4. The summed E-state index contributed by atoms with van der Waals surface area (Å²) in [6.45, 7) is 0.579. The fraction of sp³-hybridized carbons (Fsp3) is 0.500. The van der Waals surface area contributed by atoms with Gasteiger partial charge in [-0.15, -0.1) is 0 Å². The van der Waals surface area contributed by atoms with Crippen LogP contribution in [0.25, 0.3) is 0 Å². The SMILES string of the molecule is COC.COc1cccc(C23CC2COC3=O)c1. The monoisotopic (exact) mass is 250 g/mol. The number of carbonyl (C=O) groups excluding carboxylic acids is 1. The fourth-order valence-corrected chi connectivity index (χ4v) is 2.46. The van der Waals surface area contributed by atoms with Gasteiger partial charge in [0.2, 0.25) is 0 Å². The topological polar surface area (TPSA) is 44.8 Å². The zero-order chi connectivity index (χ0) is 13.2. The summed E-state index contributed by atoms with van der Waals surface area (Å²) < 4.78 is 14.5. The Morgan fingerprint density at radius 1 is 1.33 bits per heavy atom. The van der Waals surface area contributed by atoms with Crippen LogP contribution in [0.5, 0.6) is 5.75 Å².